The predicted molar refractivity (Wildman–Crippen MR) is 78.8 cm³/mol. The first-order chi connectivity index (χ1) is 8.45. The monoisotopic (exact) mass is 256 g/mol. The second kappa shape index (κ2) is 5.03. The summed E-state index contributed by atoms with van der Waals surface area (Å²) < 4.78 is 0. The second-order valence-electron chi connectivity index (χ2n) is 3.92. The Balaban J connectivity index is 1.96. The topological polar surface area (TPSA) is 0 Å². The van der Waals surface area contributed by atoms with Gasteiger partial charge < -0.3 is 0 Å². The average Bonchev–Trinajstić information content (AvgIpc) is 2.90. The Bertz CT molecular complexity index is 517. The molecule has 1 unspecified atom stereocenters. The quantitative estimate of drug-likeness (QED) is 0.680. The van der Waals surface area contributed by atoms with E-state index in [1.165, 1.54) is 16.7 Å². The molecule has 0 N–H and O–H groups in total. The summed E-state index contributed by atoms with van der Waals surface area (Å²) in [4.78, 5) is 0. The highest BCUT2D eigenvalue weighted by Gasteiger charge is 2.23. The van der Waals surface area contributed by atoms with Crippen molar-refractivity contribution >= 4 is 27.2 Å². The molecule has 1 aliphatic rings. The Morgan fingerprint density at radius 2 is 1.41 bits per heavy atom. The van der Waals surface area contributed by atoms with Gasteiger partial charge in [0.25, 0.3) is 0 Å². The average molecular weight is 256 g/mol. The molecule has 2 heteroatoms. The highest BCUT2D eigenvalue weighted by Crippen LogP contribution is 2.54. The fraction of sp³-hybridized carbons (Fsp3) is 0.0667. The molecule has 0 bridgehead atoms. The van der Waals surface area contributed by atoms with Gasteiger partial charge >= 0.3 is 0 Å². The van der Waals surface area contributed by atoms with Gasteiger partial charge in [-0.1, -0.05) is 82.3 Å². The summed E-state index contributed by atoms with van der Waals surface area (Å²) in [5.74, 6) is 0. The van der Waals surface area contributed by atoms with E-state index in [9.17, 15) is 0 Å². The zero-order chi connectivity index (χ0) is 11.5. The van der Waals surface area contributed by atoms with E-state index in [2.05, 4.69) is 66.1 Å². The van der Waals surface area contributed by atoms with Gasteiger partial charge in [0, 0.05) is 0 Å². The van der Waals surface area contributed by atoms with Crippen molar-refractivity contribution in [3.8, 4) is 0 Å². The zero-order valence-electron chi connectivity index (χ0n) is 9.24. The number of rotatable bonds is 2. The van der Waals surface area contributed by atoms with E-state index in [-0.39, 0.29) is 0 Å². The van der Waals surface area contributed by atoms with Crippen molar-refractivity contribution in [3.63, 3.8) is 0 Å². The van der Waals surface area contributed by atoms with Crippen molar-refractivity contribution in [1.82, 2.24) is 0 Å². The van der Waals surface area contributed by atoms with E-state index in [0.29, 0.717) is 5.25 Å². The standard InChI is InChI=1S/C15H12S2/c1-3-7-12(8-4-1)14-11-16-17-15(14)13-9-5-2-6-10-13/h1-11,15H. The van der Waals surface area contributed by atoms with Crippen LogP contribution in [0.3, 0.4) is 0 Å². The minimum absolute atomic E-state index is 0.462. The SMILES string of the molecule is C1=C(c2ccccc2)C(c2ccccc2)SS1. The maximum absolute atomic E-state index is 2.28. The van der Waals surface area contributed by atoms with E-state index in [0.717, 1.165) is 0 Å². The Kier molecular flexibility index (Phi) is 3.25. The van der Waals surface area contributed by atoms with E-state index in [4.69, 9.17) is 0 Å². The molecule has 0 amide bonds. The first kappa shape index (κ1) is 11.0. The summed E-state index contributed by atoms with van der Waals surface area (Å²) >= 11 is 0. The predicted octanol–water partition coefficient (Wildman–Crippen LogP) is 5.16. The summed E-state index contributed by atoms with van der Waals surface area (Å²) in [6.07, 6.45) is 0. The molecule has 0 saturated carbocycles. The summed E-state index contributed by atoms with van der Waals surface area (Å²) in [5, 5.41) is 2.74. The fourth-order valence-corrected chi connectivity index (χ4v) is 4.62. The third-order valence-corrected chi connectivity index (χ3v) is 5.20. The van der Waals surface area contributed by atoms with Crippen LogP contribution in [0.1, 0.15) is 16.4 Å². The van der Waals surface area contributed by atoms with Gasteiger partial charge in [0.15, 0.2) is 0 Å². The Morgan fingerprint density at radius 1 is 0.765 bits per heavy atom. The van der Waals surface area contributed by atoms with Gasteiger partial charge in [0.2, 0.25) is 0 Å². The molecular weight excluding hydrogens is 244 g/mol. The molecule has 2 aromatic carbocycles. The molecule has 0 aliphatic carbocycles. The van der Waals surface area contributed by atoms with Gasteiger partial charge in [-0.3, -0.25) is 0 Å². The first-order valence-electron chi connectivity index (χ1n) is 5.58. The third-order valence-electron chi connectivity index (χ3n) is 2.82. The van der Waals surface area contributed by atoms with Crippen LogP contribution in [0, 0.1) is 0 Å². The van der Waals surface area contributed by atoms with E-state index >= 15 is 0 Å². The minimum Gasteiger partial charge on any atom is -0.0764 e. The number of hydrogen-bond donors (Lipinski definition) is 0. The van der Waals surface area contributed by atoms with Gasteiger partial charge in [-0.15, -0.1) is 0 Å². The molecule has 17 heavy (non-hydrogen) atoms. The van der Waals surface area contributed by atoms with Crippen LogP contribution in [-0.2, 0) is 0 Å². The minimum atomic E-state index is 0.462. The normalized spacial score (nSPS) is 19.1. The van der Waals surface area contributed by atoms with Crippen LogP contribution in [0.2, 0.25) is 0 Å². The van der Waals surface area contributed by atoms with Gasteiger partial charge in [0.1, 0.15) is 0 Å². The molecular formula is C15H12S2. The smallest absolute Gasteiger partial charge is 0.0664 e. The highest BCUT2D eigenvalue weighted by atomic mass is 33.1. The third kappa shape index (κ3) is 2.28. The van der Waals surface area contributed by atoms with Crippen LogP contribution in [0.4, 0.5) is 0 Å². The molecule has 0 nitrogen and oxygen atoms in total. The van der Waals surface area contributed by atoms with Crippen LogP contribution in [-0.4, -0.2) is 0 Å². The van der Waals surface area contributed by atoms with Gasteiger partial charge in [0.05, 0.1) is 5.25 Å². The lowest BCUT2D eigenvalue weighted by atomic mass is 9.99. The zero-order valence-corrected chi connectivity index (χ0v) is 10.9. The van der Waals surface area contributed by atoms with Crippen molar-refractivity contribution in [1.29, 1.82) is 0 Å². The summed E-state index contributed by atoms with van der Waals surface area (Å²) in [5.41, 5.74) is 4.14. The van der Waals surface area contributed by atoms with E-state index < -0.39 is 0 Å². The van der Waals surface area contributed by atoms with Crippen molar-refractivity contribution in [2.24, 2.45) is 0 Å². The molecule has 0 saturated heterocycles. The second-order valence-corrected chi connectivity index (χ2v) is 6.17. The molecule has 1 aliphatic heterocycles. The largest absolute Gasteiger partial charge is 0.0764 e. The van der Waals surface area contributed by atoms with Crippen LogP contribution in [0.5, 0.6) is 0 Å². The summed E-state index contributed by atoms with van der Waals surface area (Å²) in [7, 11) is 3.76. The lowest BCUT2D eigenvalue weighted by Crippen LogP contribution is -1.93. The number of hydrogen-bond acceptors (Lipinski definition) is 2. The van der Waals surface area contributed by atoms with E-state index in [1.807, 2.05) is 21.6 Å². The van der Waals surface area contributed by atoms with Crippen molar-refractivity contribution in [2.75, 3.05) is 0 Å². The summed E-state index contributed by atoms with van der Waals surface area (Å²) in [6.45, 7) is 0. The molecule has 0 spiro atoms. The van der Waals surface area contributed by atoms with E-state index in [1.54, 1.807) is 0 Å². The van der Waals surface area contributed by atoms with Crippen LogP contribution < -0.4 is 0 Å². The molecule has 2 aromatic rings. The Hall–Kier alpha value is -1.12. The van der Waals surface area contributed by atoms with Crippen molar-refractivity contribution < 1.29 is 0 Å². The molecule has 0 radical (unpaired) electrons. The Morgan fingerprint density at radius 3 is 2.12 bits per heavy atom. The molecule has 1 atom stereocenters. The highest BCUT2D eigenvalue weighted by molar-refractivity contribution is 8.78. The van der Waals surface area contributed by atoms with Gasteiger partial charge in [-0.05, 0) is 22.1 Å². The van der Waals surface area contributed by atoms with Gasteiger partial charge in [-0.25, -0.2) is 0 Å². The molecule has 84 valence electrons. The van der Waals surface area contributed by atoms with Crippen LogP contribution >= 0.6 is 21.6 Å². The molecule has 0 fully saturated rings. The number of benzene rings is 2. The molecule has 0 aromatic heterocycles. The lowest BCUT2D eigenvalue weighted by Gasteiger charge is -2.13. The Labute approximate surface area is 110 Å². The molecule has 1 heterocycles. The lowest BCUT2D eigenvalue weighted by molar-refractivity contribution is 1.26. The van der Waals surface area contributed by atoms with Crippen molar-refractivity contribution in [2.45, 2.75) is 5.25 Å². The van der Waals surface area contributed by atoms with Crippen LogP contribution in [0.15, 0.2) is 66.1 Å². The fourth-order valence-electron chi connectivity index (χ4n) is 1.96. The maximum atomic E-state index is 2.28. The maximum Gasteiger partial charge on any atom is 0.0664 e. The first-order valence-corrected chi connectivity index (χ1v) is 7.85. The summed E-state index contributed by atoms with van der Waals surface area (Å²) in [6, 6.07) is 21.4. The van der Waals surface area contributed by atoms with Crippen molar-refractivity contribution in [3.05, 3.63) is 77.2 Å². The van der Waals surface area contributed by atoms with Gasteiger partial charge in [-0.2, -0.15) is 0 Å². The van der Waals surface area contributed by atoms with Crippen LogP contribution in [0.25, 0.3) is 5.57 Å². The molecule has 3 rings (SSSR count).